The topological polar surface area (TPSA) is 30.7 Å². The monoisotopic (exact) mass is 235 g/mol. The fourth-order valence-corrected chi connectivity index (χ4v) is 1.91. The lowest BCUT2D eigenvalue weighted by Gasteiger charge is -2.06. The summed E-state index contributed by atoms with van der Waals surface area (Å²) in [5, 5.41) is 8.22. The summed E-state index contributed by atoms with van der Waals surface area (Å²) in [5.74, 6) is 0.862. The second kappa shape index (κ2) is 4.45. The Hall–Kier alpha value is -2.42. The molecule has 18 heavy (non-hydrogen) atoms. The van der Waals surface area contributed by atoms with Gasteiger partial charge in [0.1, 0.15) is 6.33 Å². The standard InChI is InChI=1S/C15H13N3/c1-12-7-9-13(10-8-12)15-17-16-11-18(15)14-5-3-2-4-6-14/h2-11H,1H3. The predicted octanol–water partition coefficient (Wildman–Crippen LogP) is 3.24. The van der Waals surface area contributed by atoms with Crippen LogP contribution in [-0.4, -0.2) is 14.8 Å². The minimum absolute atomic E-state index is 0.862. The van der Waals surface area contributed by atoms with Gasteiger partial charge in [0.25, 0.3) is 0 Å². The summed E-state index contributed by atoms with van der Waals surface area (Å²) in [4.78, 5) is 0. The molecule has 0 spiro atoms. The van der Waals surface area contributed by atoms with Crippen LogP contribution in [0.5, 0.6) is 0 Å². The summed E-state index contributed by atoms with van der Waals surface area (Å²) < 4.78 is 1.99. The highest BCUT2D eigenvalue weighted by Crippen LogP contribution is 2.20. The van der Waals surface area contributed by atoms with Crippen LogP contribution in [0.25, 0.3) is 17.1 Å². The van der Waals surface area contributed by atoms with E-state index >= 15 is 0 Å². The lowest BCUT2D eigenvalue weighted by molar-refractivity contribution is 1.06. The van der Waals surface area contributed by atoms with E-state index in [1.807, 2.05) is 34.9 Å². The largest absolute Gasteiger partial charge is 0.282 e. The maximum Gasteiger partial charge on any atom is 0.168 e. The first kappa shape index (κ1) is 10.7. The van der Waals surface area contributed by atoms with Gasteiger partial charge < -0.3 is 0 Å². The normalized spacial score (nSPS) is 10.5. The van der Waals surface area contributed by atoms with Crippen LogP contribution in [0.15, 0.2) is 60.9 Å². The van der Waals surface area contributed by atoms with Crippen molar-refractivity contribution < 1.29 is 0 Å². The lowest BCUT2D eigenvalue weighted by Crippen LogP contribution is -1.95. The fourth-order valence-electron chi connectivity index (χ4n) is 1.91. The van der Waals surface area contributed by atoms with Crippen LogP contribution >= 0.6 is 0 Å². The Kier molecular flexibility index (Phi) is 2.65. The summed E-state index contributed by atoms with van der Waals surface area (Å²) in [6, 6.07) is 18.4. The van der Waals surface area contributed by atoms with Crippen LogP contribution in [-0.2, 0) is 0 Å². The number of aromatic nitrogens is 3. The molecule has 0 aliphatic rings. The van der Waals surface area contributed by atoms with E-state index in [1.165, 1.54) is 5.56 Å². The van der Waals surface area contributed by atoms with E-state index in [9.17, 15) is 0 Å². The number of aryl methyl sites for hydroxylation is 1. The smallest absolute Gasteiger partial charge is 0.168 e. The van der Waals surface area contributed by atoms with E-state index in [2.05, 4.69) is 41.4 Å². The molecule has 0 atom stereocenters. The molecule has 88 valence electrons. The molecule has 3 rings (SSSR count). The highest BCUT2D eigenvalue weighted by molar-refractivity contribution is 5.58. The van der Waals surface area contributed by atoms with Crippen molar-refractivity contribution in [2.45, 2.75) is 6.92 Å². The number of rotatable bonds is 2. The second-order valence-electron chi connectivity index (χ2n) is 4.23. The van der Waals surface area contributed by atoms with Crippen LogP contribution in [0.2, 0.25) is 0 Å². The third kappa shape index (κ3) is 1.91. The van der Waals surface area contributed by atoms with Crippen molar-refractivity contribution in [1.82, 2.24) is 14.8 Å². The zero-order valence-electron chi connectivity index (χ0n) is 10.1. The first-order valence-corrected chi connectivity index (χ1v) is 5.87. The zero-order valence-corrected chi connectivity index (χ0v) is 10.1. The third-order valence-corrected chi connectivity index (χ3v) is 2.89. The molecule has 0 unspecified atom stereocenters. The maximum atomic E-state index is 4.21. The molecule has 0 bridgehead atoms. The van der Waals surface area contributed by atoms with Crippen molar-refractivity contribution in [3.05, 3.63) is 66.5 Å². The minimum Gasteiger partial charge on any atom is -0.282 e. The molecule has 3 aromatic rings. The second-order valence-corrected chi connectivity index (χ2v) is 4.23. The van der Waals surface area contributed by atoms with Gasteiger partial charge in [0.05, 0.1) is 0 Å². The first-order chi connectivity index (χ1) is 8.84. The van der Waals surface area contributed by atoms with Crippen LogP contribution in [0, 0.1) is 6.92 Å². The van der Waals surface area contributed by atoms with Gasteiger partial charge in [-0.2, -0.15) is 0 Å². The van der Waals surface area contributed by atoms with Gasteiger partial charge in [0.2, 0.25) is 0 Å². The molecule has 2 aromatic carbocycles. The maximum absolute atomic E-state index is 4.21. The average Bonchev–Trinajstić information content (AvgIpc) is 2.90. The zero-order chi connectivity index (χ0) is 12.4. The molecule has 0 radical (unpaired) electrons. The Balaban J connectivity index is 2.10. The Morgan fingerprint density at radius 1 is 0.889 bits per heavy atom. The minimum atomic E-state index is 0.862. The molecule has 3 nitrogen and oxygen atoms in total. The lowest BCUT2D eigenvalue weighted by atomic mass is 10.1. The highest BCUT2D eigenvalue weighted by atomic mass is 15.3. The molecule has 0 amide bonds. The number of hydrogen-bond acceptors (Lipinski definition) is 2. The Morgan fingerprint density at radius 2 is 1.61 bits per heavy atom. The molecule has 0 N–H and O–H groups in total. The van der Waals surface area contributed by atoms with E-state index in [0.29, 0.717) is 0 Å². The predicted molar refractivity (Wildman–Crippen MR) is 71.5 cm³/mol. The molecule has 0 fully saturated rings. The SMILES string of the molecule is Cc1ccc(-c2nncn2-c2ccccc2)cc1. The molecule has 0 aliphatic carbocycles. The fraction of sp³-hybridized carbons (Fsp3) is 0.0667. The quantitative estimate of drug-likeness (QED) is 0.682. The number of nitrogens with zero attached hydrogens (tertiary/aromatic N) is 3. The van der Waals surface area contributed by atoms with E-state index < -0.39 is 0 Å². The number of hydrogen-bond donors (Lipinski definition) is 0. The van der Waals surface area contributed by atoms with Crippen LogP contribution in [0.3, 0.4) is 0 Å². The summed E-state index contributed by atoms with van der Waals surface area (Å²) in [6.45, 7) is 2.08. The van der Waals surface area contributed by atoms with Gasteiger partial charge in [-0.15, -0.1) is 10.2 Å². The van der Waals surface area contributed by atoms with Gasteiger partial charge in [-0.25, -0.2) is 0 Å². The molecule has 0 saturated carbocycles. The summed E-state index contributed by atoms with van der Waals surface area (Å²) >= 11 is 0. The van der Waals surface area contributed by atoms with Gasteiger partial charge in [-0.05, 0) is 19.1 Å². The third-order valence-electron chi connectivity index (χ3n) is 2.89. The van der Waals surface area contributed by atoms with Gasteiger partial charge in [0.15, 0.2) is 5.82 Å². The first-order valence-electron chi connectivity index (χ1n) is 5.87. The van der Waals surface area contributed by atoms with Crippen molar-refractivity contribution in [2.24, 2.45) is 0 Å². The molecule has 0 saturated heterocycles. The number of para-hydroxylation sites is 1. The van der Waals surface area contributed by atoms with Gasteiger partial charge >= 0.3 is 0 Å². The molecular weight excluding hydrogens is 222 g/mol. The summed E-state index contributed by atoms with van der Waals surface area (Å²) in [5.41, 5.74) is 3.38. The van der Waals surface area contributed by atoms with Gasteiger partial charge in [0, 0.05) is 11.3 Å². The van der Waals surface area contributed by atoms with Crippen LogP contribution < -0.4 is 0 Å². The van der Waals surface area contributed by atoms with E-state index in [4.69, 9.17) is 0 Å². The van der Waals surface area contributed by atoms with E-state index in [1.54, 1.807) is 6.33 Å². The van der Waals surface area contributed by atoms with Crippen molar-refractivity contribution in [2.75, 3.05) is 0 Å². The van der Waals surface area contributed by atoms with Crippen molar-refractivity contribution in [3.63, 3.8) is 0 Å². The molecule has 0 aliphatic heterocycles. The molecule has 1 aromatic heterocycles. The van der Waals surface area contributed by atoms with E-state index in [0.717, 1.165) is 17.1 Å². The van der Waals surface area contributed by atoms with Crippen molar-refractivity contribution in [3.8, 4) is 17.1 Å². The van der Waals surface area contributed by atoms with Gasteiger partial charge in [-0.3, -0.25) is 4.57 Å². The van der Waals surface area contributed by atoms with Crippen molar-refractivity contribution >= 4 is 0 Å². The molecular formula is C15H13N3. The van der Waals surface area contributed by atoms with E-state index in [-0.39, 0.29) is 0 Å². The van der Waals surface area contributed by atoms with Crippen molar-refractivity contribution in [1.29, 1.82) is 0 Å². The Morgan fingerprint density at radius 3 is 2.33 bits per heavy atom. The average molecular weight is 235 g/mol. The van der Waals surface area contributed by atoms with Crippen LogP contribution in [0.4, 0.5) is 0 Å². The molecule has 3 heteroatoms. The summed E-state index contributed by atoms with van der Waals surface area (Å²) in [6.07, 6.45) is 1.74. The Bertz CT molecular complexity index is 639. The molecule has 1 heterocycles. The summed E-state index contributed by atoms with van der Waals surface area (Å²) in [7, 11) is 0. The number of benzene rings is 2. The Labute approximate surface area is 106 Å². The highest BCUT2D eigenvalue weighted by Gasteiger charge is 2.07. The van der Waals surface area contributed by atoms with Gasteiger partial charge in [-0.1, -0.05) is 48.0 Å². The van der Waals surface area contributed by atoms with Crippen LogP contribution in [0.1, 0.15) is 5.56 Å².